The fraction of sp³-hybridized carbons (Fsp3) is 0.538. The molecule has 0 amide bonds. The monoisotopic (exact) mass is 256 g/mol. The summed E-state index contributed by atoms with van der Waals surface area (Å²) in [5.41, 5.74) is 0. The first-order valence-electron chi connectivity index (χ1n) is 5.68. The number of thiol groups is 1. The molecule has 0 spiro atoms. The van der Waals surface area contributed by atoms with E-state index >= 15 is 0 Å². The van der Waals surface area contributed by atoms with Crippen LogP contribution in [0.1, 0.15) is 19.8 Å². The minimum atomic E-state index is 0.559. The minimum absolute atomic E-state index is 0.559. The van der Waals surface area contributed by atoms with Crippen molar-refractivity contribution >= 4 is 24.4 Å². The van der Waals surface area contributed by atoms with Crippen LogP contribution >= 0.6 is 24.4 Å². The summed E-state index contributed by atoms with van der Waals surface area (Å²) in [6.07, 6.45) is 4.45. The summed E-state index contributed by atoms with van der Waals surface area (Å²) >= 11 is 6.08. The second kappa shape index (κ2) is 7.91. The molecule has 1 nitrogen and oxygen atoms in total. The summed E-state index contributed by atoms with van der Waals surface area (Å²) in [5, 5.41) is 0. The summed E-state index contributed by atoms with van der Waals surface area (Å²) in [7, 11) is 0. The Morgan fingerprint density at radius 2 is 2.12 bits per heavy atom. The van der Waals surface area contributed by atoms with Gasteiger partial charge in [0.25, 0.3) is 0 Å². The van der Waals surface area contributed by atoms with Crippen LogP contribution < -0.4 is 4.74 Å². The average Bonchev–Trinajstić information content (AvgIpc) is 2.34. The maximum atomic E-state index is 5.86. The van der Waals surface area contributed by atoms with Gasteiger partial charge in [0.1, 0.15) is 5.75 Å². The third kappa shape index (κ3) is 4.30. The highest BCUT2D eigenvalue weighted by Gasteiger charge is 2.08. The van der Waals surface area contributed by atoms with E-state index in [9.17, 15) is 0 Å². The van der Waals surface area contributed by atoms with Gasteiger partial charge in [-0.1, -0.05) is 25.5 Å². The summed E-state index contributed by atoms with van der Waals surface area (Å²) in [6, 6.07) is 8.19. The molecule has 0 saturated carbocycles. The van der Waals surface area contributed by atoms with Crippen LogP contribution in [0.2, 0.25) is 0 Å². The molecule has 0 N–H and O–H groups in total. The third-order valence-electron chi connectivity index (χ3n) is 2.50. The molecular weight excluding hydrogens is 236 g/mol. The van der Waals surface area contributed by atoms with Gasteiger partial charge < -0.3 is 4.74 Å². The van der Waals surface area contributed by atoms with Gasteiger partial charge in [0.2, 0.25) is 0 Å². The predicted molar refractivity (Wildman–Crippen MR) is 76.0 cm³/mol. The zero-order valence-electron chi connectivity index (χ0n) is 9.98. The van der Waals surface area contributed by atoms with Crippen molar-refractivity contribution in [1.29, 1.82) is 0 Å². The number of rotatable bonds is 7. The van der Waals surface area contributed by atoms with Gasteiger partial charge in [0, 0.05) is 10.8 Å². The van der Waals surface area contributed by atoms with Crippen LogP contribution in [0.25, 0.3) is 0 Å². The molecule has 0 aliphatic rings. The molecule has 1 aromatic carbocycles. The highest BCUT2D eigenvalue weighted by atomic mass is 32.2. The van der Waals surface area contributed by atoms with Gasteiger partial charge in [-0.15, -0.1) is 11.8 Å². The lowest BCUT2D eigenvalue weighted by atomic mass is 10.1. The maximum absolute atomic E-state index is 5.86. The van der Waals surface area contributed by atoms with Crippen LogP contribution in [0.5, 0.6) is 5.75 Å². The van der Waals surface area contributed by atoms with Gasteiger partial charge >= 0.3 is 0 Å². The Morgan fingerprint density at radius 1 is 1.38 bits per heavy atom. The number of para-hydroxylation sites is 1. The quantitative estimate of drug-likeness (QED) is 0.580. The molecule has 0 heterocycles. The smallest absolute Gasteiger partial charge is 0.132 e. The van der Waals surface area contributed by atoms with E-state index in [4.69, 9.17) is 4.74 Å². The molecule has 1 atom stereocenters. The van der Waals surface area contributed by atoms with Crippen LogP contribution in [0, 0.1) is 5.92 Å². The van der Waals surface area contributed by atoms with E-state index in [1.165, 1.54) is 17.7 Å². The van der Waals surface area contributed by atoms with E-state index < -0.39 is 0 Å². The first kappa shape index (κ1) is 13.8. The number of benzene rings is 1. The van der Waals surface area contributed by atoms with E-state index in [0.717, 1.165) is 18.1 Å². The van der Waals surface area contributed by atoms with E-state index in [2.05, 4.69) is 31.9 Å². The van der Waals surface area contributed by atoms with Crippen molar-refractivity contribution in [3.05, 3.63) is 24.3 Å². The second-order valence-corrected chi connectivity index (χ2v) is 5.01. The number of ether oxygens (including phenoxy) is 1. The maximum Gasteiger partial charge on any atom is 0.132 e. The van der Waals surface area contributed by atoms with Crippen LogP contribution in [-0.4, -0.2) is 18.6 Å². The highest BCUT2D eigenvalue weighted by Crippen LogP contribution is 2.27. The summed E-state index contributed by atoms with van der Waals surface area (Å²) in [5.74, 6) is 2.45. The molecule has 1 unspecified atom stereocenters. The van der Waals surface area contributed by atoms with Crippen molar-refractivity contribution in [2.45, 2.75) is 24.7 Å². The highest BCUT2D eigenvalue weighted by molar-refractivity contribution is 7.98. The number of hydrogen-bond donors (Lipinski definition) is 1. The Morgan fingerprint density at radius 3 is 2.75 bits per heavy atom. The van der Waals surface area contributed by atoms with Crippen molar-refractivity contribution < 1.29 is 4.74 Å². The Kier molecular flexibility index (Phi) is 6.81. The molecule has 0 radical (unpaired) electrons. The van der Waals surface area contributed by atoms with Crippen LogP contribution in [0.3, 0.4) is 0 Å². The minimum Gasteiger partial charge on any atom is -0.492 e. The third-order valence-corrected chi connectivity index (χ3v) is 3.79. The lowest BCUT2D eigenvalue weighted by Crippen LogP contribution is -2.13. The largest absolute Gasteiger partial charge is 0.492 e. The van der Waals surface area contributed by atoms with E-state index in [0.29, 0.717) is 5.92 Å². The summed E-state index contributed by atoms with van der Waals surface area (Å²) < 4.78 is 5.86. The number of hydrogen-bond acceptors (Lipinski definition) is 3. The zero-order chi connectivity index (χ0) is 11.8. The van der Waals surface area contributed by atoms with Gasteiger partial charge in [-0.25, -0.2) is 0 Å². The molecule has 0 fully saturated rings. The Hall–Kier alpha value is -0.280. The van der Waals surface area contributed by atoms with Gasteiger partial charge in [0.15, 0.2) is 0 Å². The van der Waals surface area contributed by atoms with Gasteiger partial charge in [0.05, 0.1) is 6.61 Å². The lowest BCUT2D eigenvalue weighted by molar-refractivity contribution is 0.249. The van der Waals surface area contributed by atoms with Crippen LogP contribution in [0.15, 0.2) is 29.2 Å². The molecular formula is C13H20OS2. The molecule has 16 heavy (non-hydrogen) atoms. The van der Waals surface area contributed by atoms with Gasteiger partial charge in [-0.3, -0.25) is 0 Å². The molecule has 90 valence electrons. The standard InChI is InChI=1S/C13H20OS2/c1-3-6-11(10-15)9-14-12-7-4-5-8-13(12)16-2/h4-5,7-8,11,15H,3,6,9-10H2,1-2H3. The Labute approximate surface area is 108 Å². The van der Waals surface area contributed by atoms with E-state index in [1.54, 1.807) is 11.8 Å². The SMILES string of the molecule is CCCC(CS)COc1ccccc1SC. The summed E-state index contributed by atoms with van der Waals surface area (Å²) in [6.45, 7) is 2.97. The van der Waals surface area contributed by atoms with Crippen molar-refractivity contribution in [3.63, 3.8) is 0 Å². The fourth-order valence-electron chi connectivity index (χ4n) is 1.58. The first-order chi connectivity index (χ1) is 7.81. The molecule has 3 heteroatoms. The van der Waals surface area contributed by atoms with Crippen LogP contribution in [-0.2, 0) is 0 Å². The molecule has 1 aromatic rings. The summed E-state index contributed by atoms with van der Waals surface area (Å²) in [4.78, 5) is 1.21. The topological polar surface area (TPSA) is 9.23 Å². The molecule has 0 aromatic heterocycles. The lowest BCUT2D eigenvalue weighted by Gasteiger charge is -2.16. The average molecular weight is 256 g/mol. The van der Waals surface area contributed by atoms with Crippen molar-refractivity contribution in [2.24, 2.45) is 5.92 Å². The Balaban J connectivity index is 2.52. The molecule has 0 bridgehead atoms. The number of thioether (sulfide) groups is 1. The Bertz CT molecular complexity index is 302. The normalized spacial score (nSPS) is 12.4. The molecule has 0 saturated heterocycles. The fourth-order valence-corrected chi connectivity index (χ4v) is 2.41. The molecule has 0 aliphatic heterocycles. The van der Waals surface area contributed by atoms with E-state index in [-0.39, 0.29) is 0 Å². The van der Waals surface area contributed by atoms with Crippen molar-refractivity contribution in [3.8, 4) is 5.75 Å². The molecule has 0 aliphatic carbocycles. The zero-order valence-corrected chi connectivity index (χ0v) is 11.7. The molecule has 1 rings (SSSR count). The van der Waals surface area contributed by atoms with Crippen molar-refractivity contribution in [2.75, 3.05) is 18.6 Å². The van der Waals surface area contributed by atoms with Gasteiger partial charge in [-0.2, -0.15) is 12.6 Å². The van der Waals surface area contributed by atoms with Crippen LogP contribution in [0.4, 0.5) is 0 Å². The van der Waals surface area contributed by atoms with Gasteiger partial charge in [-0.05, 0) is 30.6 Å². The predicted octanol–water partition coefficient (Wildman–Crippen LogP) is 4.13. The van der Waals surface area contributed by atoms with E-state index in [1.807, 2.05) is 18.2 Å². The second-order valence-electron chi connectivity index (χ2n) is 3.80. The first-order valence-corrected chi connectivity index (χ1v) is 7.54. The van der Waals surface area contributed by atoms with Crippen molar-refractivity contribution in [1.82, 2.24) is 0 Å².